The van der Waals surface area contributed by atoms with Gasteiger partial charge >= 0.3 is 6.18 Å². The summed E-state index contributed by atoms with van der Waals surface area (Å²) in [6.45, 7) is 0. The molecule has 1 atom stereocenters. The van der Waals surface area contributed by atoms with E-state index in [1.165, 1.54) is 0 Å². The quantitative estimate of drug-likeness (QED) is 0.521. The van der Waals surface area contributed by atoms with Crippen LogP contribution >= 0.6 is 11.6 Å². The van der Waals surface area contributed by atoms with Crippen LogP contribution in [0.15, 0.2) is 12.1 Å². The Balaban J connectivity index is 3.26. The lowest BCUT2D eigenvalue weighted by Crippen LogP contribution is -2.18. The SMILES string of the molecule is Fc1cc(F)c(C(Cl)C(F)(F)F)c(F)c1. The highest BCUT2D eigenvalue weighted by Gasteiger charge is 2.42. The summed E-state index contributed by atoms with van der Waals surface area (Å²) in [6.07, 6.45) is -5.00. The van der Waals surface area contributed by atoms with Gasteiger partial charge in [-0.15, -0.1) is 11.6 Å². The van der Waals surface area contributed by atoms with E-state index in [2.05, 4.69) is 0 Å². The van der Waals surface area contributed by atoms with Crippen LogP contribution < -0.4 is 0 Å². The van der Waals surface area contributed by atoms with Gasteiger partial charge in [0.2, 0.25) is 0 Å². The van der Waals surface area contributed by atoms with Crippen LogP contribution in [0.5, 0.6) is 0 Å². The third-order valence-corrected chi connectivity index (χ3v) is 2.05. The second kappa shape index (κ2) is 3.92. The van der Waals surface area contributed by atoms with Crippen LogP contribution in [0.4, 0.5) is 26.3 Å². The molecular weight excluding hydrogens is 246 g/mol. The Hall–Kier alpha value is -0.910. The van der Waals surface area contributed by atoms with Gasteiger partial charge in [0.05, 0.1) is 5.56 Å². The molecule has 0 aliphatic carbocycles. The average molecular weight is 249 g/mol. The van der Waals surface area contributed by atoms with E-state index in [4.69, 9.17) is 11.6 Å². The van der Waals surface area contributed by atoms with E-state index in [1.54, 1.807) is 0 Å². The smallest absolute Gasteiger partial charge is 0.207 e. The summed E-state index contributed by atoms with van der Waals surface area (Å²) in [4.78, 5) is 0. The van der Waals surface area contributed by atoms with Gasteiger partial charge in [-0.2, -0.15) is 13.2 Å². The molecule has 0 saturated heterocycles. The molecule has 0 nitrogen and oxygen atoms in total. The first kappa shape index (κ1) is 12.2. The number of hydrogen-bond acceptors (Lipinski definition) is 0. The van der Waals surface area contributed by atoms with E-state index in [1.807, 2.05) is 0 Å². The Kier molecular flexibility index (Phi) is 3.18. The third kappa shape index (κ3) is 2.56. The van der Waals surface area contributed by atoms with Crippen molar-refractivity contribution < 1.29 is 26.3 Å². The van der Waals surface area contributed by atoms with E-state index >= 15 is 0 Å². The molecule has 0 N–H and O–H groups in total. The van der Waals surface area contributed by atoms with Gasteiger partial charge < -0.3 is 0 Å². The first-order valence-corrected chi connectivity index (χ1v) is 4.02. The van der Waals surface area contributed by atoms with Crippen LogP contribution in [0.2, 0.25) is 0 Å². The molecule has 0 aliphatic heterocycles. The predicted octanol–water partition coefficient (Wildman–Crippen LogP) is 3.95. The molecule has 0 bridgehead atoms. The number of halogens is 7. The van der Waals surface area contributed by atoms with E-state index < -0.39 is 34.6 Å². The summed E-state index contributed by atoms with van der Waals surface area (Å²) in [5.74, 6) is -4.63. The predicted molar refractivity (Wildman–Crippen MR) is 41.0 cm³/mol. The second-order valence-corrected chi connectivity index (χ2v) is 3.12. The van der Waals surface area contributed by atoms with Crippen LogP contribution in [0, 0.1) is 17.5 Å². The van der Waals surface area contributed by atoms with Crippen molar-refractivity contribution in [1.29, 1.82) is 0 Å². The second-order valence-electron chi connectivity index (χ2n) is 2.69. The maximum Gasteiger partial charge on any atom is 0.409 e. The zero-order chi connectivity index (χ0) is 11.8. The molecule has 1 rings (SSSR count). The number of hydrogen-bond donors (Lipinski definition) is 0. The fourth-order valence-electron chi connectivity index (χ4n) is 0.959. The maximum absolute atomic E-state index is 12.8. The standard InChI is InChI=1S/C8H3ClF6/c9-7(8(13,14)15)6-4(11)1-3(10)2-5(6)12/h1-2,7H. The molecule has 0 aromatic heterocycles. The summed E-state index contributed by atoms with van der Waals surface area (Å²) < 4.78 is 74.1. The zero-order valence-electron chi connectivity index (χ0n) is 6.88. The van der Waals surface area contributed by atoms with Crippen molar-refractivity contribution in [3.63, 3.8) is 0 Å². The third-order valence-electron chi connectivity index (χ3n) is 1.58. The molecule has 0 amide bonds. The Morgan fingerprint density at radius 2 is 1.40 bits per heavy atom. The highest BCUT2D eigenvalue weighted by molar-refractivity contribution is 6.21. The van der Waals surface area contributed by atoms with Gasteiger partial charge in [-0.1, -0.05) is 0 Å². The lowest BCUT2D eigenvalue weighted by atomic mass is 10.1. The van der Waals surface area contributed by atoms with Crippen molar-refractivity contribution >= 4 is 11.6 Å². The van der Waals surface area contributed by atoms with Crippen molar-refractivity contribution in [3.8, 4) is 0 Å². The fourth-order valence-corrected chi connectivity index (χ4v) is 1.17. The summed E-state index contributed by atoms with van der Waals surface area (Å²) in [6, 6.07) is 0.277. The molecule has 0 fully saturated rings. The molecule has 15 heavy (non-hydrogen) atoms. The van der Waals surface area contributed by atoms with Crippen molar-refractivity contribution in [2.45, 2.75) is 11.6 Å². The Bertz CT molecular complexity index is 349. The molecule has 1 unspecified atom stereocenters. The fraction of sp³-hybridized carbons (Fsp3) is 0.250. The molecular formula is C8H3ClF6. The lowest BCUT2D eigenvalue weighted by Gasteiger charge is -2.15. The molecule has 0 spiro atoms. The highest BCUT2D eigenvalue weighted by atomic mass is 35.5. The molecule has 84 valence electrons. The van der Waals surface area contributed by atoms with Crippen LogP contribution in [-0.2, 0) is 0 Å². The largest absolute Gasteiger partial charge is 0.409 e. The normalized spacial score (nSPS) is 14.1. The van der Waals surface area contributed by atoms with E-state index in [-0.39, 0.29) is 12.1 Å². The Morgan fingerprint density at radius 3 is 1.73 bits per heavy atom. The molecule has 0 heterocycles. The molecule has 0 aliphatic rings. The van der Waals surface area contributed by atoms with E-state index in [0.29, 0.717) is 0 Å². The van der Waals surface area contributed by atoms with Crippen molar-refractivity contribution in [2.24, 2.45) is 0 Å². The maximum atomic E-state index is 12.8. The average Bonchev–Trinajstić information content (AvgIpc) is 1.99. The van der Waals surface area contributed by atoms with Gasteiger partial charge in [0.15, 0.2) is 5.38 Å². The number of alkyl halides is 4. The summed E-state index contributed by atoms with van der Waals surface area (Å²) in [7, 11) is 0. The van der Waals surface area contributed by atoms with E-state index in [9.17, 15) is 26.3 Å². The Labute approximate surface area is 85.5 Å². The van der Waals surface area contributed by atoms with Gasteiger partial charge in [-0.3, -0.25) is 0 Å². The van der Waals surface area contributed by atoms with Crippen LogP contribution in [0.3, 0.4) is 0 Å². The summed E-state index contributed by atoms with van der Waals surface area (Å²) in [5, 5.41) is -2.84. The zero-order valence-corrected chi connectivity index (χ0v) is 7.63. The van der Waals surface area contributed by atoms with Crippen molar-refractivity contribution in [2.75, 3.05) is 0 Å². The molecule has 1 aromatic carbocycles. The molecule has 0 radical (unpaired) electrons. The van der Waals surface area contributed by atoms with Crippen LogP contribution in [0.25, 0.3) is 0 Å². The lowest BCUT2D eigenvalue weighted by molar-refractivity contribution is -0.132. The minimum Gasteiger partial charge on any atom is -0.207 e. The van der Waals surface area contributed by atoms with Gasteiger partial charge in [0.1, 0.15) is 17.5 Å². The summed E-state index contributed by atoms with van der Waals surface area (Å²) in [5.41, 5.74) is -1.40. The molecule has 1 aromatic rings. The van der Waals surface area contributed by atoms with Gasteiger partial charge in [-0.05, 0) is 0 Å². The number of rotatable bonds is 1. The summed E-state index contributed by atoms with van der Waals surface area (Å²) >= 11 is 4.82. The minimum atomic E-state index is -5.00. The van der Waals surface area contributed by atoms with E-state index in [0.717, 1.165) is 0 Å². The van der Waals surface area contributed by atoms with Crippen LogP contribution in [0.1, 0.15) is 10.9 Å². The first-order chi connectivity index (χ1) is 6.73. The van der Waals surface area contributed by atoms with Gasteiger partial charge in [0, 0.05) is 12.1 Å². The number of benzene rings is 1. The highest BCUT2D eigenvalue weighted by Crippen LogP contribution is 2.40. The van der Waals surface area contributed by atoms with Crippen molar-refractivity contribution in [1.82, 2.24) is 0 Å². The topological polar surface area (TPSA) is 0 Å². The first-order valence-electron chi connectivity index (χ1n) is 3.58. The van der Waals surface area contributed by atoms with Crippen molar-refractivity contribution in [3.05, 3.63) is 35.1 Å². The monoisotopic (exact) mass is 248 g/mol. The van der Waals surface area contributed by atoms with Crippen LogP contribution in [-0.4, -0.2) is 6.18 Å². The van der Waals surface area contributed by atoms with Gasteiger partial charge in [-0.25, -0.2) is 13.2 Å². The molecule has 7 heteroatoms. The Morgan fingerprint density at radius 1 is 1.00 bits per heavy atom. The molecule has 0 saturated carbocycles. The van der Waals surface area contributed by atoms with Gasteiger partial charge in [0.25, 0.3) is 0 Å². The minimum absolute atomic E-state index is 0.138.